The van der Waals surface area contributed by atoms with E-state index in [1.807, 2.05) is 16.5 Å². The first-order chi connectivity index (χ1) is 10.9. The third kappa shape index (κ3) is 4.68. The van der Waals surface area contributed by atoms with Gasteiger partial charge in [-0.1, -0.05) is 11.6 Å². The van der Waals surface area contributed by atoms with Crippen molar-refractivity contribution >= 4 is 23.4 Å². The number of amides is 2. The molecule has 8 heteroatoms. The predicted octanol–water partition coefficient (Wildman–Crippen LogP) is 0.632. The van der Waals surface area contributed by atoms with Gasteiger partial charge in [-0.15, -0.1) is 0 Å². The van der Waals surface area contributed by atoms with Crippen LogP contribution in [0.3, 0.4) is 0 Å². The highest BCUT2D eigenvalue weighted by atomic mass is 35.5. The van der Waals surface area contributed by atoms with E-state index in [0.29, 0.717) is 24.8 Å². The number of hydrogen-bond acceptors (Lipinski definition) is 4. The molecule has 0 aromatic carbocycles. The van der Waals surface area contributed by atoms with E-state index >= 15 is 0 Å². The van der Waals surface area contributed by atoms with Crippen molar-refractivity contribution in [1.82, 2.24) is 24.7 Å². The normalized spacial score (nSPS) is 17.7. The Morgan fingerprint density at radius 2 is 2.09 bits per heavy atom. The molecule has 128 valence electrons. The lowest BCUT2D eigenvalue weighted by Crippen LogP contribution is -2.47. The van der Waals surface area contributed by atoms with E-state index in [-0.39, 0.29) is 11.8 Å². The second kappa shape index (κ2) is 7.79. The molecule has 1 atom stereocenters. The van der Waals surface area contributed by atoms with Gasteiger partial charge in [0.1, 0.15) is 17.0 Å². The van der Waals surface area contributed by atoms with Crippen molar-refractivity contribution in [1.29, 1.82) is 0 Å². The SMILES string of the molecule is CC(=O)N[C@@H](C)C(=O)N1CCCN(Cc2ncc(Cl)n2C)CC1. The molecule has 1 aliphatic rings. The van der Waals surface area contributed by atoms with E-state index in [9.17, 15) is 9.59 Å². The zero-order valence-corrected chi connectivity index (χ0v) is 14.6. The minimum absolute atomic E-state index is 0.0258. The fourth-order valence-corrected chi connectivity index (χ4v) is 2.91. The monoisotopic (exact) mass is 341 g/mol. The molecule has 1 aliphatic heterocycles. The highest BCUT2D eigenvalue weighted by molar-refractivity contribution is 6.29. The molecule has 7 nitrogen and oxygen atoms in total. The van der Waals surface area contributed by atoms with Crippen LogP contribution in [0.25, 0.3) is 0 Å². The first kappa shape index (κ1) is 17.7. The maximum Gasteiger partial charge on any atom is 0.244 e. The highest BCUT2D eigenvalue weighted by Gasteiger charge is 2.24. The Kier molecular flexibility index (Phi) is 6.01. The van der Waals surface area contributed by atoms with Crippen molar-refractivity contribution in [3.8, 4) is 0 Å². The number of carbonyl (C=O) groups excluding carboxylic acids is 2. The lowest BCUT2D eigenvalue weighted by molar-refractivity contribution is -0.135. The Labute approximate surface area is 141 Å². The van der Waals surface area contributed by atoms with Crippen LogP contribution in [0.15, 0.2) is 6.20 Å². The molecule has 1 N–H and O–H groups in total. The summed E-state index contributed by atoms with van der Waals surface area (Å²) in [7, 11) is 1.90. The van der Waals surface area contributed by atoms with Crippen LogP contribution in [-0.2, 0) is 23.2 Å². The van der Waals surface area contributed by atoms with Gasteiger partial charge in [0.25, 0.3) is 0 Å². The number of carbonyl (C=O) groups is 2. The molecule has 1 fully saturated rings. The Bertz CT molecular complexity index is 574. The number of aromatic nitrogens is 2. The number of rotatable bonds is 4. The van der Waals surface area contributed by atoms with Gasteiger partial charge >= 0.3 is 0 Å². The molecule has 23 heavy (non-hydrogen) atoms. The summed E-state index contributed by atoms with van der Waals surface area (Å²) >= 11 is 6.01. The molecule has 0 aliphatic carbocycles. The Hall–Kier alpha value is -1.60. The van der Waals surface area contributed by atoms with Crippen LogP contribution in [0.2, 0.25) is 5.15 Å². The molecule has 2 rings (SSSR count). The Morgan fingerprint density at radius 3 is 2.70 bits per heavy atom. The van der Waals surface area contributed by atoms with Crippen molar-refractivity contribution < 1.29 is 9.59 Å². The van der Waals surface area contributed by atoms with Gasteiger partial charge in [-0.25, -0.2) is 4.98 Å². The smallest absolute Gasteiger partial charge is 0.244 e. The van der Waals surface area contributed by atoms with Gasteiger partial charge in [0.15, 0.2) is 0 Å². The average Bonchev–Trinajstić information content (AvgIpc) is 2.69. The van der Waals surface area contributed by atoms with E-state index in [1.165, 1.54) is 6.92 Å². The van der Waals surface area contributed by atoms with Crippen molar-refractivity contribution in [2.75, 3.05) is 26.2 Å². The molecule has 0 saturated carbocycles. The van der Waals surface area contributed by atoms with E-state index in [0.717, 1.165) is 25.3 Å². The highest BCUT2D eigenvalue weighted by Crippen LogP contribution is 2.13. The lowest BCUT2D eigenvalue weighted by Gasteiger charge is -2.25. The molecular weight excluding hydrogens is 318 g/mol. The van der Waals surface area contributed by atoms with Gasteiger partial charge in [-0.3, -0.25) is 14.5 Å². The minimum atomic E-state index is -0.479. The number of nitrogens with zero attached hydrogens (tertiary/aromatic N) is 4. The third-order valence-corrected chi connectivity index (χ3v) is 4.43. The first-order valence-corrected chi connectivity index (χ1v) is 8.20. The van der Waals surface area contributed by atoms with Crippen LogP contribution in [0, 0.1) is 0 Å². The average molecular weight is 342 g/mol. The molecular formula is C15H24ClN5O2. The topological polar surface area (TPSA) is 70.5 Å². The summed E-state index contributed by atoms with van der Waals surface area (Å²) in [5.41, 5.74) is 0. The van der Waals surface area contributed by atoms with Crippen LogP contribution >= 0.6 is 11.6 Å². The van der Waals surface area contributed by atoms with E-state index in [1.54, 1.807) is 13.1 Å². The molecule has 2 heterocycles. The molecule has 0 radical (unpaired) electrons. The predicted molar refractivity (Wildman–Crippen MR) is 88.0 cm³/mol. The zero-order valence-electron chi connectivity index (χ0n) is 13.9. The zero-order chi connectivity index (χ0) is 17.0. The van der Waals surface area contributed by atoms with Crippen LogP contribution in [0.5, 0.6) is 0 Å². The summed E-state index contributed by atoms with van der Waals surface area (Å²) in [4.78, 5) is 31.9. The molecule has 0 bridgehead atoms. The van der Waals surface area contributed by atoms with Gasteiger partial charge in [0.05, 0.1) is 12.7 Å². The van der Waals surface area contributed by atoms with E-state index < -0.39 is 6.04 Å². The molecule has 0 spiro atoms. The maximum absolute atomic E-state index is 12.4. The molecule has 0 unspecified atom stereocenters. The first-order valence-electron chi connectivity index (χ1n) is 7.83. The number of hydrogen-bond donors (Lipinski definition) is 1. The van der Waals surface area contributed by atoms with Crippen molar-refractivity contribution in [3.05, 3.63) is 17.2 Å². The summed E-state index contributed by atoms with van der Waals surface area (Å²) < 4.78 is 1.87. The Morgan fingerprint density at radius 1 is 1.35 bits per heavy atom. The summed E-state index contributed by atoms with van der Waals surface area (Å²) in [6.45, 7) is 6.91. The fourth-order valence-electron chi connectivity index (χ4n) is 2.76. The minimum Gasteiger partial charge on any atom is -0.345 e. The summed E-state index contributed by atoms with van der Waals surface area (Å²) in [5, 5.41) is 3.27. The standard InChI is InChI=1S/C15H24ClN5O2/c1-11(18-12(2)22)15(23)21-6-4-5-20(7-8-21)10-14-17-9-13(16)19(14)3/h9,11H,4-8,10H2,1-3H3,(H,18,22)/t11-/m0/s1. The van der Waals surface area contributed by atoms with Crippen molar-refractivity contribution in [2.45, 2.75) is 32.9 Å². The maximum atomic E-state index is 12.4. The number of nitrogens with one attached hydrogen (secondary N) is 1. The second-order valence-corrected chi connectivity index (χ2v) is 6.32. The largest absolute Gasteiger partial charge is 0.345 e. The van der Waals surface area contributed by atoms with Crippen molar-refractivity contribution in [2.24, 2.45) is 7.05 Å². The van der Waals surface area contributed by atoms with Crippen LogP contribution in [-0.4, -0.2) is 63.4 Å². The molecule has 1 aromatic heterocycles. The van der Waals surface area contributed by atoms with Gasteiger partial charge in [0, 0.05) is 40.2 Å². The summed E-state index contributed by atoms with van der Waals surface area (Å²) in [6, 6.07) is -0.479. The number of halogens is 1. The number of imidazole rings is 1. The quantitative estimate of drug-likeness (QED) is 0.872. The molecule has 1 aromatic rings. The summed E-state index contributed by atoms with van der Waals surface area (Å²) in [5.74, 6) is 0.706. The van der Waals surface area contributed by atoms with E-state index in [2.05, 4.69) is 15.2 Å². The van der Waals surface area contributed by atoms with Crippen LogP contribution < -0.4 is 5.32 Å². The van der Waals surface area contributed by atoms with Crippen LogP contribution in [0.1, 0.15) is 26.1 Å². The van der Waals surface area contributed by atoms with Crippen molar-refractivity contribution in [3.63, 3.8) is 0 Å². The third-order valence-electron chi connectivity index (χ3n) is 4.08. The second-order valence-electron chi connectivity index (χ2n) is 5.93. The van der Waals surface area contributed by atoms with E-state index in [4.69, 9.17) is 11.6 Å². The lowest BCUT2D eigenvalue weighted by atomic mass is 10.2. The van der Waals surface area contributed by atoms with Gasteiger partial charge < -0.3 is 14.8 Å². The van der Waals surface area contributed by atoms with Gasteiger partial charge in [-0.2, -0.15) is 0 Å². The van der Waals surface area contributed by atoms with Gasteiger partial charge in [-0.05, 0) is 13.3 Å². The van der Waals surface area contributed by atoms with Gasteiger partial charge in [0.2, 0.25) is 11.8 Å². The molecule has 2 amide bonds. The van der Waals surface area contributed by atoms with Crippen LogP contribution in [0.4, 0.5) is 0 Å². The molecule has 1 saturated heterocycles. The summed E-state index contributed by atoms with van der Waals surface area (Å²) in [6.07, 6.45) is 2.55. The Balaban J connectivity index is 1.90. The fraction of sp³-hybridized carbons (Fsp3) is 0.667.